The summed E-state index contributed by atoms with van der Waals surface area (Å²) in [5, 5.41) is 15.9. The van der Waals surface area contributed by atoms with Crippen LogP contribution in [0.5, 0.6) is 5.75 Å². The van der Waals surface area contributed by atoms with Crippen molar-refractivity contribution in [3.8, 4) is 5.75 Å². The van der Waals surface area contributed by atoms with Crippen molar-refractivity contribution in [2.45, 2.75) is 32.7 Å². The molecule has 144 valence electrons. The van der Waals surface area contributed by atoms with Gasteiger partial charge in [0, 0.05) is 18.0 Å². The number of aromatic nitrogens is 2. The second-order valence-electron chi connectivity index (χ2n) is 6.27. The molecule has 2 aromatic carbocycles. The molecule has 0 aliphatic carbocycles. The topological polar surface area (TPSA) is 104 Å². The summed E-state index contributed by atoms with van der Waals surface area (Å²) >= 11 is 0. The summed E-state index contributed by atoms with van der Waals surface area (Å²) in [6.45, 7) is 2.45. The van der Waals surface area contributed by atoms with Crippen molar-refractivity contribution in [1.82, 2.24) is 9.78 Å². The first-order valence-corrected chi connectivity index (χ1v) is 8.97. The molecule has 0 radical (unpaired) electrons. The zero-order valence-electron chi connectivity index (χ0n) is 15.3. The maximum atomic E-state index is 12.7. The lowest BCUT2D eigenvalue weighted by molar-refractivity contribution is -0.384. The number of aryl methyl sites for hydroxylation is 1. The van der Waals surface area contributed by atoms with Gasteiger partial charge in [0.15, 0.2) is 5.69 Å². The highest BCUT2D eigenvalue weighted by molar-refractivity contribution is 6.02. The Bertz CT molecular complexity index is 1090. The smallest absolute Gasteiger partial charge is 0.364 e. The van der Waals surface area contributed by atoms with Gasteiger partial charge in [-0.1, -0.05) is 44.0 Å². The van der Waals surface area contributed by atoms with Crippen molar-refractivity contribution >= 4 is 22.4 Å². The molecule has 0 saturated heterocycles. The maximum absolute atomic E-state index is 12.7. The summed E-state index contributed by atoms with van der Waals surface area (Å²) in [6.07, 6.45) is 2.69. The van der Waals surface area contributed by atoms with Crippen LogP contribution in [0.4, 0.5) is 5.69 Å². The molecule has 0 unspecified atom stereocenters. The molecule has 28 heavy (non-hydrogen) atoms. The predicted octanol–water partition coefficient (Wildman–Crippen LogP) is 3.71. The first kappa shape index (κ1) is 19.2. The fraction of sp³-hybridized carbons (Fsp3) is 0.250. The fourth-order valence-electron chi connectivity index (χ4n) is 2.86. The van der Waals surface area contributed by atoms with Crippen LogP contribution in [0.1, 0.15) is 36.7 Å². The zero-order chi connectivity index (χ0) is 20.1. The Kier molecular flexibility index (Phi) is 5.78. The van der Waals surface area contributed by atoms with Gasteiger partial charge in [0.2, 0.25) is 0 Å². The molecule has 3 aromatic rings. The summed E-state index contributed by atoms with van der Waals surface area (Å²) < 4.78 is 6.58. The lowest BCUT2D eigenvalue weighted by Crippen LogP contribution is -2.27. The van der Waals surface area contributed by atoms with Gasteiger partial charge in [-0.3, -0.25) is 14.9 Å². The number of unbranched alkanes of at least 4 members (excludes halogenated alkanes) is 2. The number of hydrogen-bond donors (Lipinski definition) is 0. The highest BCUT2D eigenvalue weighted by Crippen LogP contribution is 2.21. The van der Waals surface area contributed by atoms with Gasteiger partial charge in [-0.15, -0.1) is 0 Å². The molecular weight excluding hydrogens is 362 g/mol. The molecule has 0 fully saturated rings. The highest BCUT2D eigenvalue weighted by Gasteiger charge is 2.19. The van der Waals surface area contributed by atoms with Crippen molar-refractivity contribution in [2.24, 2.45) is 0 Å². The summed E-state index contributed by atoms with van der Waals surface area (Å²) in [6, 6.07) is 12.0. The standard InChI is InChI=1S/C20H19N3O5/c1-2-3-6-12-22-19(24)17-11-5-4-10-16(17)18(21-22)20(25)28-15-9-7-8-14(13-15)23(26)27/h4-5,7-11,13H,2-3,6,12H2,1H3. The van der Waals surface area contributed by atoms with Crippen molar-refractivity contribution in [1.29, 1.82) is 0 Å². The van der Waals surface area contributed by atoms with E-state index >= 15 is 0 Å². The summed E-state index contributed by atoms with van der Waals surface area (Å²) in [7, 11) is 0. The van der Waals surface area contributed by atoms with Crippen molar-refractivity contribution in [2.75, 3.05) is 0 Å². The number of carbonyl (C=O) groups excluding carboxylic acids is 1. The van der Waals surface area contributed by atoms with Crippen molar-refractivity contribution in [3.05, 3.63) is 74.7 Å². The molecule has 0 N–H and O–H groups in total. The van der Waals surface area contributed by atoms with Crippen LogP contribution in [-0.2, 0) is 6.54 Å². The molecule has 3 rings (SSSR count). The summed E-state index contributed by atoms with van der Waals surface area (Å²) in [5.41, 5.74) is -0.454. The van der Waals surface area contributed by atoms with Crippen LogP contribution >= 0.6 is 0 Å². The first-order chi connectivity index (χ1) is 13.5. The SMILES string of the molecule is CCCCCn1nc(C(=O)Oc2cccc([N+](=O)[O-])c2)c2ccccc2c1=O. The van der Waals surface area contributed by atoms with Crippen LogP contribution in [0.3, 0.4) is 0 Å². The Morgan fingerprint density at radius 1 is 1.14 bits per heavy atom. The highest BCUT2D eigenvalue weighted by atomic mass is 16.6. The first-order valence-electron chi connectivity index (χ1n) is 8.97. The number of benzene rings is 2. The number of nitro groups is 1. The Morgan fingerprint density at radius 3 is 2.61 bits per heavy atom. The second-order valence-corrected chi connectivity index (χ2v) is 6.27. The van der Waals surface area contributed by atoms with Crippen LogP contribution in [0.15, 0.2) is 53.3 Å². The van der Waals surface area contributed by atoms with E-state index in [-0.39, 0.29) is 22.7 Å². The molecule has 0 bridgehead atoms. The maximum Gasteiger partial charge on any atom is 0.364 e. The molecule has 1 heterocycles. The molecule has 8 nitrogen and oxygen atoms in total. The normalized spacial score (nSPS) is 10.8. The largest absolute Gasteiger partial charge is 0.421 e. The number of fused-ring (bicyclic) bond motifs is 1. The van der Waals surface area contributed by atoms with Crippen LogP contribution < -0.4 is 10.3 Å². The van der Waals surface area contributed by atoms with Gasteiger partial charge < -0.3 is 4.74 Å². The van der Waals surface area contributed by atoms with E-state index in [2.05, 4.69) is 12.0 Å². The lowest BCUT2D eigenvalue weighted by atomic mass is 10.1. The predicted molar refractivity (Wildman–Crippen MR) is 104 cm³/mol. The van der Waals surface area contributed by atoms with Gasteiger partial charge in [0.25, 0.3) is 11.2 Å². The number of nitrogens with zero attached hydrogens (tertiary/aromatic N) is 3. The Hall–Kier alpha value is -3.55. The minimum Gasteiger partial charge on any atom is -0.421 e. The molecule has 8 heteroatoms. The van der Waals surface area contributed by atoms with Crippen molar-refractivity contribution < 1.29 is 14.5 Å². The van der Waals surface area contributed by atoms with Crippen LogP contribution in [0.25, 0.3) is 10.8 Å². The van der Waals surface area contributed by atoms with Crippen molar-refractivity contribution in [3.63, 3.8) is 0 Å². The average molecular weight is 381 g/mol. The molecule has 0 aliphatic heterocycles. The van der Waals surface area contributed by atoms with Crippen LogP contribution in [0.2, 0.25) is 0 Å². The molecule has 1 aromatic heterocycles. The van der Waals surface area contributed by atoms with Gasteiger partial charge in [-0.25, -0.2) is 9.48 Å². The summed E-state index contributed by atoms with van der Waals surface area (Å²) in [5.74, 6) is -0.741. The van der Waals surface area contributed by atoms with Gasteiger partial charge in [-0.05, 0) is 18.6 Å². The lowest BCUT2D eigenvalue weighted by Gasteiger charge is -2.10. The Balaban J connectivity index is 2.00. The van der Waals surface area contributed by atoms with Gasteiger partial charge >= 0.3 is 5.97 Å². The number of carbonyl (C=O) groups is 1. The molecule has 0 aliphatic rings. The summed E-state index contributed by atoms with van der Waals surface area (Å²) in [4.78, 5) is 35.7. The van der Waals surface area contributed by atoms with Gasteiger partial charge in [-0.2, -0.15) is 5.10 Å². The monoisotopic (exact) mass is 381 g/mol. The van der Waals surface area contributed by atoms with Crippen LogP contribution in [-0.4, -0.2) is 20.7 Å². The van der Waals surface area contributed by atoms with Gasteiger partial charge in [0.05, 0.1) is 16.4 Å². The van der Waals surface area contributed by atoms with E-state index in [9.17, 15) is 19.7 Å². The van der Waals surface area contributed by atoms with E-state index in [1.165, 1.54) is 22.9 Å². The van der Waals surface area contributed by atoms with Gasteiger partial charge in [0.1, 0.15) is 5.75 Å². The molecule has 0 saturated carbocycles. The molecule has 0 spiro atoms. The number of non-ortho nitro benzene ring substituents is 1. The number of esters is 1. The minimum atomic E-state index is -0.777. The van der Waals surface area contributed by atoms with E-state index in [4.69, 9.17) is 4.74 Å². The Morgan fingerprint density at radius 2 is 1.89 bits per heavy atom. The molecular formula is C20H19N3O5. The third-order valence-corrected chi connectivity index (χ3v) is 4.27. The third kappa shape index (κ3) is 4.06. The van der Waals surface area contributed by atoms with E-state index < -0.39 is 10.9 Å². The fourth-order valence-corrected chi connectivity index (χ4v) is 2.86. The van der Waals surface area contributed by atoms with E-state index in [0.29, 0.717) is 17.3 Å². The molecule has 0 amide bonds. The molecule has 0 atom stereocenters. The Labute approximate surface area is 160 Å². The second kappa shape index (κ2) is 8.43. The number of ether oxygens (including phenoxy) is 1. The van der Waals surface area contributed by atoms with Crippen LogP contribution in [0, 0.1) is 10.1 Å². The minimum absolute atomic E-state index is 0.00166. The quantitative estimate of drug-likeness (QED) is 0.203. The zero-order valence-corrected chi connectivity index (χ0v) is 15.3. The van der Waals surface area contributed by atoms with E-state index in [0.717, 1.165) is 25.3 Å². The van der Waals surface area contributed by atoms with E-state index in [1.54, 1.807) is 24.3 Å². The number of hydrogen-bond acceptors (Lipinski definition) is 6. The average Bonchev–Trinajstić information content (AvgIpc) is 2.70. The third-order valence-electron chi connectivity index (χ3n) is 4.27. The van der Waals surface area contributed by atoms with E-state index in [1.807, 2.05) is 0 Å². The number of rotatable bonds is 7. The number of nitro benzene ring substituents is 1.